The number of carbonyl (C=O) groups is 2. The van der Waals surface area contributed by atoms with Crippen LogP contribution < -0.4 is 5.32 Å². The summed E-state index contributed by atoms with van der Waals surface area (Å²) < 4.78 is 5.31. The van der Waals surface area contributed by atoms with Crippen molar-refractivity contribution in [1.29, 1.82) is 0 Å². The maximum absolute atomic E-state index is 12.6. The summed E-state index contributed by atoms with van der Waals surface area (Å²) >= 11 is 0. The van der Waals surface area contributed by atoms with E-state index >= 15 is 0 Å². The Morgan fingerprint density at radius 3 is 2.44 bits per heavy atom. The number of piperidine rings is 1. The fraction of sp³-hybridized carbons (Fsp3) is 0.611. The SMILES string of the molecule is O=C1NC2(CCN(C(=O)N3CCOCC3)CC2)C[C@@H]1c1ccncc1. The number of ether oxygens (including phenoxy) is 1. The number of aromatic nitrogens is 1. The Labute approximate surface area is 147 Å². The minimum absolute atomic E-state index is 0.0964. The lowest BCUT2D eigenvalue weighted by atomic mass is 9.82. The zero-order valence-electron chi connectivity index (χ0n) is 14.3. The van der Waals surface area contributed by atoms with E-state index in [1.54, 1.807) is 12.4 Å². The summed E-state index contributed by atoms with van der Waals surface area (Å²) in [6.07, 6.45) is 5.90. The van der Waals surface area contributed by atoms with E-state index in [9.17, 15) is 9.59 Å². The van der Waals surface area contributed by atoms with Crippen LogP contribution in [0.15, 0.2) is 24.5 Å². The van der Waals surface area contributed by atoms with Gasteiger partial charge < -0.3 is 19.9 Å². The summed E-state index contributed by atoms with van der Waals surface area (Å²) in [7, 11) is 0. The van der Waals surface area contributed by atoms with Gasteiger partial charge in [0.1, 0.15) is 0 Å². The fourth-order valence-corrected chi connectivity index (χ4v) is 4.16. The van der Waals surface area contributed by atoms with Gasteiger partial charge in [-0.05, 0) is 37.0 Å². The van der Waals surface area contributed by atoms with Gasteiger partial charge in [-0.1, -0.05) is 0 Å². The molecule has 1 aromatic heterocycles. The zero-order valence-corrected chi connectivity index (χ0v) is 14.3. The maximum Gasteiger partial charge on any atom is 0.320 e. The van der Waals surface area contributed by atoms with Crippen molar-refractivity contribution in [2.24, 2.45) is 0 Å². The molecule has 7 heteroatoms. The predicted octanol–water partition coefficient (Wildman–Crippen LogP) is 0.972. The Morgan fingerprint density at radius 1 is 1.12 bits per heavy atom. The van der Waals surface area contributed by atoms with Gasteiger partial charge in [-0.2, -0.15) is 0 Å². The van der Waals surface area contributed by atoms with Crippen LogP contribution >= 0.6 is 0 Å². The third kappa shape index (κ3) is 3.20. The maximum atomic E-state index is 12.6. The number of urea groups is 1. The number of nitrogens with one attached hydrogen (secondary N) is 1. The highest BCUT2D eigenvalue weighted by Crippen LogP contribution is 2.39. The summed E-state index contributed by atoms with van der Waals surface area (Å²) in [5.41, 5.74) is 0.850. The molecule has 25 heavy (non-hydrogen) atoms. The molecule has 3 aliphatic rings. The van der Waals surface area contributed by atoms with Crippen molar-refractivity contribution in [2.45, 2.75) is 30.7 Å². The van der Waals surface area contributed by atoms with Crippen LogP contribution in [0.25, 0.3) is 0 Å². The summed E-state index contributed by atoms with van der Waals surface area (Å²) in [5, 5.41) is 3.23. The lowest BCUT2D eigenvalue weighted by Gasteiger charge is -2.41. The van der Waals surface area contributed by atoms with Gasteiger partial charge in [-0.3, -0.25) is 9.78 Å². The fourth-order valence-electron chi connectivity index (χ4n) is 4.16. The summed E-state index contributed by atoms with van der Waals surface area (Å²) in [5.74, 6) is -0.0105. The molecular formula is C18H24N4O3. The summed E-state index contributed by atoms with van der Waals surface area (Å²) in [6.45, 7) is 3.96. The van der Waals surface area contributed by atoms with Crippen LogP contribution in [0.2, 0.25) is 0 Å². The number of hydrogen-bond acceptors (Lipinski definition) is 4. The molecule has 0 aromatic carbocycles. The van der Waals surface area contributed by atoms with Crippen LogP contribution in [0.3, 0.4) is 0 Å². The van der Waals surface area contributed by atoms with Crippen molar-refractivity contribution in [2.75, 3.05) is 39.4 Å². The predicted molar refractivity (Wildman–Crippen MR) is 91.1 cm³/mol. The van der Waals surface area contributed by atoms with Crippen LogP contribution in [0, 0.1) is 0 Å². The van der Waals surface area contributed by atoms with Crippen molar-refractivity contribution in [1.82, 2.24) is 20.1 Å². The van der Waals surface area contributed by atoms with Crippen molar-refractivity contribution >= 4 is 11.9 Å². The van der Waals surface area contributed by atoms with Gasteiger partial charge in [0.2, 0.25) is 5.91 Å². The molecule has 3 aliphatic heterocycles. The number of likely N-dealkylation sites (tertiary alicyclic amines) is 1. The Kier molecular flexibility index (Phi) is 4.33. The first-order valence-corrected chi connectivity index (χ1v) is 9.00. The monoisotopic (exact) mass is 344 g/mol. The summed E-state index contributed by atoms with van der Waals surface area (Å²) in [4.78, 5) is 32.9. The highest BCUT2D eigenvalue weighted by molar-refractivity contribution is 5.87. The number of rotatable bonds is 1. The number of morpholine rings is 1. The molecule has 4 rings (SSSR count). The van der Waals surface area contributed by atoms with Crippen LogP contribution in [0.5, 0.6) is 0 Å². The van der Waals surface area contributed by atoms with Gasteiger partial charge in [0.15, 0.2) is 0 Å². The molecule has 1 N–H and O–H groups in total. The molecule has 1 atom stereocenters. The molecule has 0 aliphatic carbocycles. The van der Waals surface area contributed by atoms with Crippen molar-refractivity contribution in [3.63, 3.8) is 0 Å². The quantitative estimate of drug-likeness (QED) is 0.824. The highest BCUT2D eigenvalue weighted by atomic mass is 16.5. The average molecular weight is 344 g/mol. The zero-order chi connectivity index (χ0) is 17.3. The molecule has 1 aromatic rings. The topological polar surface area (TPSA) is 74.8 Å². The van der Waals surface area contributed by atoms with Crippen LogP contribution in [-0.4, -0.2) is 71.7 Å². The third-order valence-electron chi connectivity index (χ3n) is 5.68. The van der Waals surface area contributed by atoms with E-state index in [2.05, 4.69) is 10.3 Å². The Balaban J connectivity index is 1.38. The Morgan fingerprint density at radius 2 is 1.76 bits per heavy atom. The number of carbonyl (C=O) groups excluding carboxylic acids is 2. The molecule has 3 amide bonds. The first-order valence-electron chi connectivity index (χ1n) is 9.00. The van der Waals surface area contributed by atoms with Gasteiger partial charge in [0, 0.05) is 44.1 Å². The smallest absolute Gasteiger partial charge is 0.320 e. The van der Waals surface area contributed by atoms with Gasteiger partial charge in [-0.15, -0.1) is 0 Å². The number of amides is 3. The Hall–Kier alpha value is -2.15. The molecule has 3 fully saturated rings. The third-order valence-corrected chi connectivity index (χ3v) is 5.68. The first-order chi connectivity index (χ1) is 12.2. The van der Waals surface area contributed by atoms with Crippen molar-refractivity contribution in [3.05, 3.63) is 30.1 Å². The van der Waals surface area contributed by atoms with Crippen molar-refractivity contribution < 1.29 is 14.3 Å². The molecule has 0 unspecified atom stereocenters. The van der Waals surface area contributed by atoms with E-state index in [-0.39, 0.29) is 23.4 Å². The van der Waals surface area contributed by atoms with Crippen molar-refractivity contribution in [3.8, 4) is 0 Å². The first kappa shape index (κ1) is 16.3. The van der Waals surface area contributed by atoms with Crippen LogP contribution in [0.4, 0.5) is 4.79 Å². The van der Waals surface area contributed by atoms with E-state index in [4.69, 9.17) is 4.74 Å². The second-order valence-corrected chi connectivity index (χ2v) is 7.18. The van der Waals surface area contributed by atoms with E-state index < -0.39 is 0 Å². The molecule has 134 valence electrons. The number of nitrogens with zero attached hydrogens (tertiary/aromatic N) is 3. The van der Waals surface area contributed by atoms with E-state index in [1.165, 1.54) is 0 Å². The number of pyridine rings is 1. The van der Waals surface area contributed by atoms with Gasteiger partial charge >= 0.3 is 6.03 Å². The molecular weight excluding hydrogens is 320 g/mol. The normalized spacial score (nSPS) is 25.9. The molecule has 3 saturated heterocycles. The molecule has 1 spiro atoms. The minimum atomic E-state index is -0.174. The molecule has 7 nitrogen and oxygen atoms in total. The van der Waals surface area contributed by atoms with E-state index in [0.29, 0.717) is 39.4 Å². The lowest BCUT2D eigenvalue weighted by molar-refractivity contribution is -0.121. The minimum Gasteiger partial charge on any atom is -0.378 e. The average Bonchev–Trinajstić information content (AvgIpc) is 2.99. The van der Waals surface area contributed by atoms with E-state index in [0.717, 1.165) is 24.8 Å². The van der Waals surface area contributed by atoms with Crippen LogP contribution in [0.1, 0.15) is 30.7 Å². The van der Waals surface area contributed by atoms with E-state index in [1.807, 2.05) is 21.9 Å². The second-order valence-electron chi connectivity index (χ2n) is 7.18. The molecule has 4 heterocycles. The van der Waals surface area contributed by atoms with Crippen LogP contribution in [-0.2, 0) is 9.53 Å². The molecule has 0 saturated carbocycles. The second kappa shape index (κ2) is 6.63. The van der Waals surface area contributed by atoms with Gasteiger partial charge in [0.05, 0.1) is 19.1 Å². The lowest BCUT2D eigenvalue weighted by Crippen LogP contribution is -2.56. The largest absolute Gasteiger partial charge is 0.378 e. The summed E-state index contributed by atoms with van der Waals surface area (Å²) in [6, 6.07) is 3.94. The van der Waals surface area contributed by atoms with Gasteiger partial charge in [0.25, 0.3) is 0 Å². The molecule has 0 radical (unpaired) electrons. The number of hydrogen-bond donors (Lipinski definition) is 1. The highest BCUT2D eigenvalue weighted by Gasteiger charge is 2.47. The molecule has 0 bridgehead atoms. The Bertz CT molecular complexity index is 637. The van der Waals surface area contributed by atoms with Gasteiger partial charge in [-0.25, -0.2) is 4.79 Å². The standard InChI is InChI=1S/C18H24N4O3/c23-16-15(14-1-5-19-6-2-14)13-18(20-16)3-7-21(8-4-18)17(24)22-9-11-25-12-10-22/h1-2,5-6,15H,3-4,7-13H2,(H,20,23)/t15-/m1/s1.